The van der Waals surface area contributed by atoms with E-state index in [0.717, 1.165) is 6.07 Å². The second kappa shape index (κ2) is 7.75. The highest BCUT2D eigenvalue weighted by Crippen LogP contribution is 2.43. The van der Waals surface area contributed by atoms with Gasteiger partial charge in [-0.3, -0.25) is 9.59 Å². The average molecular weight is 396 g/mol. The largest absolute Gasteiger partial charge is 0.339 e. The van der Waals surface area contributed by atoms with Crippen LogP contribution < -0.4 is 0 Å². The predicted octanol–water partition coefficient (Wildman–Crippen LogP) is 3.76. The number of carbonyl (C=O) groups is 2. The van der Waals surface area contributed by atoms with E-state index in [1.807, 2.05) is 5.38 Å². The molecule has 0 bridgehead atoms. The molecule has 1 aromatic heterocycles. The van der Waals surface area contributed by atoms with Gasteiger partial charge in [0.25, 0.3) is 5.91 Å². The van der Waals surface area contributed by atoms with E-state index < -0.39 is 17.0 Å². The number of likely N-dealkylation sites (N-methyl/N-ethyl adjacent to an activating group) is 1. The molecule has 3 rings (SSSR count). The first-order valence-corrected chi connectivity index (χ1v) is 9.90. The van der Waals surface area contributed by atoms with Crippen molar-refractivity contribution in [3.05, 3.63) is 57.8 Å². The maximum absolute atomic E-state index is 14.2. The van der Waals surface area contributed by atoms with Gasteiger partial charge < -0.3 is 9.80 Å². The van der Waals surface area contributed by atoms with Crippen molar-refractivity contribution in [3.63, 3.8) is 0 Å². The van der Waals surface area contributed by atoms with E-state index in [4.69, 9.17) is 0 Å². The first-order valence-electron chi connectivity index (χ1n) is 8.08. The molecule has 0 N–H and O–H groups in total. The molecule has 0 spiro atoms. The van der Waals surface area contributed by atoms with Crippen molar-refractivity contribution >= 4 is 34.9 Å². The number of thiophene rings is 1. The summed E-state index contributed by atoms with van der Waals surface area (Å²) in [5.74, 6) is -1.54. The van der Waals surface area contributed by atoms with Gasteiger partial charge in [0.05, 0.1) is 10.1 Å². The molecule has 4 nitrogen and oxygen atoms in total. The summed E-state index contributed by atoms with van der Waals surface area (Å²) in [7, 11) is 1.67. The van der Waals surface area contributed by atoms with E-state index >= 15 is 0 Å². The van der Waals surface area contributed by atoms with Gasteiger partial charge in [0, 0.05) is 31.8 Å². The van der Waals surface area contributed by atoms with Crippen LogP contribution in [0.25, 0.3) is 0 Å². The highest BCUT2D eigenvalue weighted by Gasteiger charge is 2.39. The van der Waals surface area contributed by atoms with Crippen molar-refractivity contribution in [2.24, 2.45) is 0 Å². The van der Waals surface area contributed by atoms with Crippen LogP contribution >= 0.6 is 23.1 Å². The van der Waals surface area contributed by atoms with Gasteiger partial charge in [-0.2, -0.15) is 0 Å². The Kier molecular flexibility index (Phi) is 5.62. The smallest absolute Gasteiger partial charge is 0.263 e. The van der Waals surface area contributed by atoms with Crippen molar-refractivity contribution in [3.8, 4) is 0 Å². The Balaban J connectivity index is 1.73. The fourth-order valence-corrected chi connectivity index (χ4v) is 4.84. The van der Waals surface area contributed by atoms with Gasteiger partial charge in [-0.15, -0.1) is 23.1 Å². The molecule has 26 heavy (non-hydrogen) atoms. The average Bonchev–Trinajstić information content (AvgIpc) is 3.22. The maximum atomic E-state index is 14.2. The Hall–Kier alpha value is -1.93. The number of hydrogen-bond acceptors (Lipinski definition) is 4. The minimum Gasteiger partial charge on any atom is -0.339 e. The van der Waals surface area contributed by atoms with Gasteiger partial charge in [-0.05, 0) is 24.4 Å². The Morgan fingerprint density at radius 3 is 2.73 bits per heavy atom. The Bertz CT molecular complexity index is 814. The van der Waals surface area contributed by atoms with Crippen LogP contribution in [0.15, 0.2) is 35.7 Å². The van der Waals surface area contributed by atoms with E-state index in [-0.39, 0.29) is 29.2 Å². The molecule has 0 radical (unpaired) electrons. The van der Waals surface area contributed by atoms with Crippen LogP contribution in [-0.2, 0) is 4.79 Å². The summed E-state index contributed by atoms with van der Waals surface area (Å²) in [4.78, 5) is 28.5. The minimum absolute atomic E-state index is 0.110. The molecule has 2 aromatic rings. The number of amides is 2. The number of benzene rings is 1. The van der Waals surface area contributed by atoms with Crippen LogP contribution in [0.3, 0.4) is 0 Å². The van der Waals surface area contributed by atoms with Gasteiger partial charge in [-0.25, -0.2) is 8.78 Å². The lowest BCUT2D eigenvalue weighted by Gasteiger charge is -2.27. The standard InChI is InChI=1S/C18H18F2N2O2S2/c1-11-16(23)22(8-7-21(2)17(24)15-4-3-9-25-15)18(26-11)13-6-5-12(19)10-14(13)20/h3-6,9-11,18H,7-8H2,1-2H3/t11-,18-/m0/s1. The lowest BCUT2D eigenvalue weighted by molar-refractivity contribution is -0.130. The molecule has 0 unspecified atom stereocenters. The fraction of sp³-hybridized carbons (Fsp3) is 0.333. The highest BCUT2D eigenvalue weighted by atomic mass is 32.2. The van der Waals surface area contributed by atoms with Crippen LogP contribution in [0.2, 0.25) is 0 Å². The predicted molar refractivity (Wildman–Crippen MR) is 99.1 cm³/mol. The molecule has 1 aliphatic heterocycles. The second-order valence-electron chi connectivity index (χ2n) is 6.03. The monoisotopic (exact) mass is 396 g/mol. The summed E-state index contributed by atoms with van der Waals surface area (Å²) in [6, 6.07) is 6.95. The lowest BCUT2D eigenvalue weighted by atomic mass is 10.2. The minimum atomic E-state index is -0.669. The second-order valence-corrected chi connectivity index (χ2v) is 8.41. The van der Waals surface area contributed by atoms with Gasteiger partial charge in [-0.1, -0.05) is 12.1 Å². The molecule has 8 heteroatoms. The third kappa shape index (κ3) is 3.76. The molecule has 138 valence electrons. The number of thioether (sulfide) groups is 1. The van der Waals surface area contributed by atoms with Crippen molar-refractivity contribution in [1.29, 1.82) is 0 Å². The molecule has 2 heterocycles. The summed E-state index contributed by atoms with van der Waals surface area (Å²) in [6.07, 6.45) is 0. The third-order valence-electron chi connectivity index (χ3n) is 4.23. The first kappa shape index (κ1) is 18.8. The molecule has 0 saturated carbocycles. The van der Waals surface area contributed by atoms with Crippen LogP contribution in [0.1, 0.15) is 27.5 Å². The zero-order valence-corrected chi connectivity index (χ0v) is 15.9. The number of carbonyl (C=O) groups excluding carboxylic acids is 2. The van der Waals surface area contributed by atoms with Crippen LogP contribution in [0.5, 0.6) is 0 Å². The van der Waals surface area contributed by atoms with E-state index in [9.17, 15) is 18.4 Å². The molecule has 2 amide bonds. The van der Waals surface area contributed by atoms with Crippen LogP contribution in [-0.4, -0.2) is 47.0 Å². The Labute approximate surface area is 158 Å². The zero-order chi connectivity index (χ0) is 18.8. The number of rotatable bonds is 5. The molecule has 0 aliphatic carbocycles. The van der Waals surface area contributed by atoms with Crippen molar-refractivity contribution in [1.82, 2.24) is 9.80 Å². The highest BCUT2D eigenvalue weighted by molar-refractivity contribution is 8.01. The summed E-state index contributed by atoms with van der Waals surface area (Å²) < 4.78 is 27.4. The molecule has 1 saturated heterocycles. The number of nitrogens with zero attached hydrogens (tertiary/aromatic N) is 2. The van der Waals surface area contributed by atoms with Crippen molar-refractivity contribution in [2.45, 2.75) is 17.5 Å². The SMILES string of the molecule is C[C@@H]1S[C@@H](c2ccc(F)cc2F)N(CCN(C)C(=O)c2cccs2)C1=O. The molecule has 2 atom stereocenters. The van der Waals surface area contributed by atoms with Crippen LogP contribution in [0.4, 0.5) is 8.78 Å². The summed E-state index contributed by atoms with van der Waals surface area (Å²) in [6.45, 7) is 2.38. The molecular weight excluding hydrogens is 378 g/mol. The number of hydrogen-bond donors (Lipinski definition) is 0. The van der Waals surface area contributed by atoms with Gasteiger partial charge in [0.15, 0.2) is 0 Å². The number of halogens is 2. The van der Waals surface area contributed by atoms with E-state index in [1.165, 1.54) is 35.2 Å². The quantitative estimate of drug-likeness (QED) is 0.773. The van der Waals surface area contributed by atoms with E-state index in [1.54, 1.807) is 35.9 Å². The Morgan fingerprint density at radius 2 is 2.08 bits per heavy atom. The Morgan fingerprint density at radius 1 is 1.31 bits per heavy atom. The van der Waals surface area contributed by atoms with Crippen molar-refractivity contribution < 1.29 is 18.4 Å². The summed E-state index contributed by atoms with van der Waals surface area (Å²) in [5.41, 5.74) is 0.279. The first-order chi connectivity index (χ1) is 12.4. The molecule has 1 aliphatic rings. The lowest BCUT2D eigenvalue weighted by Crippen LogP contribution is -2.39. The van der Waals surface area contributed by atoms with E-state index in [2.05, 4.69) is 0 Å². The topological polar surface area (TPSA) is 40.6 Å². The zero-order valence-electron chi connectivity index (χ0n) is 14.3. The fourth-order valence-electron chi connectivity index (χ4n) is 2.79. The third-order valence-corrected chi connectivity index (χ3v) is 6.46. The molecular formula is C18H18F2N2O2S2. The van der Waals surface area contributed by atoms with Crippen molar-refractivity contribution in [2.75, 3.05) is 20.1 Å². The summed E-state index contributed by atoms with van der Waals surface area (Å²) in [5, 5.41) is 0.989. The van der Waals surface area contributed by atoms with Crippen LogP contribution in [0, 0.1) is 11.6 Å². The maximum Gasteiger partial charge on any atom is 0.263 e. The van der Waals surface area contributed by atoms with Gasteiger partial charge in [0.1, 0.15) is 17.0 Å². The van der Waals surface area contributed by atoms with Gasteiger partial charge >= 0.3 is 0 Å². The summed E-state index contributed by atoms with van der Waals surface area (Å²) >= 11 is 2.68. The van der Waals surface area contributed by atoms with E-state index in [0.29, 0.717) is 11.4 Å². The van der Waals surface area contributed by atoms with Gasteiger partial charge in [0.2, 0.25) is 5.91 Å². The normalized spacial score (nSPS) is 19.8. The molecule has 1 aromatic carbocycles. The molecule has 1 fully saturated rings.